The van der Waals surface area contributed by atoms with Crippen LogP contribution in [-0.4, -0.2) is 48.6 Å². The maximum atomic E-state index is 13.8. The zero-order chi connectivity index (χ0) is 29.1. The monoisotopic (exact) mass is 570 g/mol. The van der Waals surface area contributed by atoms with Crippen LogP contribution in [-0.2, 0) is 25.2 Å². The molecule has 0 spiro atoms. The van der Waals surface area contributed by atoms with Gasteiger partial charge in [0.15, 0.2) is 5.60 Å². The summed E-state index contributed by atoms with van der Waals surface area (Å²) in [7, 11) is -4.04. The summed E-state index contributed by atoms with van der Waals surface area (Å²) in [5, 5.41) is 11.9. The van der Waals surface area contributed by atoms with Crippen molar-refractivity contribution < 1.29 is 37.0 Å². The zero-order valence-corrected chi connectivity index (χ0v) is 23.2. The minimum Gasteiger partial charge on any atom is -0.481 e. The molecule has 0 unspecified atom stereocenters. The van der Waals surface area contributed by atoms with E-state index in [0.29, 0.717) is 5.56 Å². The summed E-state index contributed by atoms with van der Waals surface area (Å²) in [4.78, 5) is 23.8. The van der Waals surface area contributed by atoms with E-state index in [1.165, 1.54) is 40.7 Å². The Morgan fingerprint density at radius 1 is 1.02 bits per heavy atom. The van der Waals surface area contributed by atoms with Crippen molar-refractivity contribution in [2.75, 3.05) is 13.1 Å². The first-order chi connectivity index (χ1) is 18.8. The van der Waals surface area contributed by atoms with Crippen LogP contribution in [0.15, 0.2) is 83.8 Å². The van der Waals surface area contributed by atoms with Gasteiger partial charge in [0.25, 0.3) is 0 Å². The second-order valence-electron chi connectivity index (χ2n) is 10.6. The second kappa shape index (κ2) is 11.3. The minimum absolute atomic E-state index is 0.0329. The first kappa shape index (κ1) is 29.0. The van der Waals surface area contributed by atoms with Gasteiger partial charge in [-0.05, 0) is 56.2 Å². The molecule has 9 nitrogen and oxygen atoms in total. The van der Waals surface area contributed by atoms with Crippen LogP contribution in [0.3, 0.4) is 0 Å². The van der Waals surface area contributed by atoms with Gasteiger partial charge in [0.05, 0.1) is 30.4 Å². The van der Waals surface area contributed by atoms with Crippen LogP contribution < -0.4 is 10.1 Å². The lowest BCUT2D eigenvalue weighted by Gasteiger charge is -2.48. The van der Waals surface area contributed by atoms with Crippen molar-refractivity contribution in [1.82, 2.24) is 9.62 Å². The smallest absolute Gasteiger partial charge is 0.408 e. The van der Waals surface area contributed by atoms with Crippen LogP contribution in [0.5, 0.6) is 5.75 Å². The van der Waals surface area contributed by atoms with E-state index < -0.39 is 51.6 Å². The third-order valence-electron chi connectivity index (χ3n) is 6.24. The maximum absolute atomic E-state index is 13.8. The lowest BCUT2D eigenvalue weighted by atomic mass is 9.87. The summed E-state index contributed by atoms with van der Waals surface area (Å²) in [6.07, 6.45) is -1.30. The Balaban J connectivity index is 1.59. The summed E-state index contributed by atoms with van der Waals surface area (Å²) >= 11 is 0. The van der Waals surface area contributed by atoms with E-state index in [1.807, 2.05) is 30.3 Å². The number of carbonyl (C=O) groups excluding carboxylic acids is 1. The number of amides is 1. The van der Waals surface area contributed by atoms with E-state index in [1.54, 1.807) is 32.9 Å². The molecule has 4 rings (SSSR count). The quantitative estimate of drug-likeness (QED) is 0.377. The van der Waals surface area contributed by atoms with Gasteiger partial charge in [0, 0.05) is 6.07 Å². The van der Waals surface area contributed by atoms with Crippen molar-refractivity contribution >= 4 is 22.1 Å². The summed E-state index contributed by atoms with van der Waals surface area (Å²) in [6.45, 7) is 4.95. The number of carboxylic acids is 1. The molecular weight excluding hydrogens is 539 g/mol. The Morgan fingerprint density at radius 3 is 2.33 bits per heavy atom. The third-order valence-corrected chi connectivity index (χ3v) is 8.03. The molecule has 3 aromatic carbocycles. The molecule has 1 aliphatic heterocycles. The normalized spacial score (nSPS) is 15.9. The molecule has 1 heterocycles. The van der Waals surface area contributed by atoms with Gasteiger partial charge in [-0.2, -0.15) is 4.31 Å². The predicted octanol–water partition coefficient (Wildman–Crippen LogP) is 4.85. The lowest BCUT2D eigenvalue weighted by Crippen LogP contribution is -2.64. The largest absolute Gasteiger partial charge is 0.481 e. The molecule has 212 valence electrons. The lowest BCUT2D eigenvalue weighted by molar-refractivity contribution is -0.137. The molecule has 1 aliphatic rings. The highest BCUT2D eigenvalue weighted by atomic mass is 32.2. The Hall–Kier alpha value is -3.96. The van der Waals surface area contributed by atoms with E-state index in [9.17, 15) is 27.5 Å². The fourth-order valence-electron chi connectivity index (χ4n) is 4.41. The highest BCUT2D eigenvalue weighted by Gasteiger charge is 2.52. The van der Waals surface area contributed by atoms with Crippen molar-refractivity contribution in [3.63, 3.8) is 0 Å². The molecular formula is C29H31FN2O7S. The van der Waals surface area contributed by atoms with E-state index >= 15 is 0 Å². The number of carbonyl (C=O) groups is 2. The third kappa shape index (κ3) is 6.78. The summed E-state index contributed by atoms with van der Waals surface area (Å²) in [6, 6.07) is 19.5. The van der Waals surface area contributed by atoms with Crippen LogP contribution in [0.1, 0.15) is 44.4 Å². The number of nitrogens with one attached hydrogen (secondary N) is 1. The van der Waals surface area contributed by atoms with Gasteiger partial charge in [-0.25, -0.2) is 17.6 Å². The van der Waals surface area contributed by atoms with Crippen molar-refractivity contribution in [3.05, 3.63) is 95.8 Å². The van der Waals surface area contributed by atoms with Gasteiger partial charge in [0.2, 0.25) is 10.0 Å². The molecule has 1 saturated heterocycles. The van der Waals surface area contributed by atoms with E-state index in [-0.39, 0.29) is 23.7 Å². The number of alkyl carbamates (subject to hydrolysis) is 1. The van der Waals surface area contributed by atoms with Gasteiger partial charge in [0.1, 0.15) is 17.2 Å². The van der Waals surface area contributed by atoms with Crippen LogP contribution in [0, 0.1) is 5.82 Å². The average Bonchev–Trinajstić information content (AvgIpc) is 2.85. The van der Waals surface area contributed by atoms with Crippen molar-refractivity contribution in [2.24, 2.45) is 0 Å². The number of ether oxygens (including phenoxy) is 2. The molecule has 0 radical (unpaired) electrons. The van der Waals surface area contributed by atoms with Crippen LogP contribution in [0.4, 0.5) is 9.18 Å². The molecule has 0 bridgehead atoms. The Bertz CT molecular complexity index is 1480. The fraction of sp³-hybridized carbons (Fsp3) is 0.310. The topological polar surface area (TPSA) is 122 Å². The van der Waals surface area contributed by atoms with Crippen LogP contribution in [0.2, 0.25) is 0 Å². The first-order valence-corrected chi connectivity index (χ1v) is 14.0. The van der Waals surface area contributed by atoms with Crippen LogP contribution in [0.25, 0.3) is 0 Å². The molecule has 2 N–H and O–H groups in total. The Morgan fingerprint density at radius 2 is 1.70 bits per heavy atom. The van der Waals surface area contributed by atoms with Crippen LogP contribution >= 0.6 is 0 Å². The summed E-state index contributed by atoms with van der Waals surface area (Å²) in [5.41, 5.74) is -0.814. The molecule has 1 atom stereocenters. The molecule has 3 aromatic rings. The number of halogens is 1. The number of nitrogens with zero attached hydrogens (tertiary/aromatic N) is 1. The zero-order valence-electron chi connectivity index (χ0n) is 22.3. The fourth-order valence-corrected chi connectivity index (χ4v) is 6.01. The van der Waals surface area contributed by atoms with Crippen molar-refractivity contribution in [2.45, 2.75) is 49.3 Å². The second-order valence-corrected chi connectivity index (χ2v) is 12.5. The highest BCUT2D eigenvalue weighted by molar-refractivity contribution is 7.89. The molecule has 0 saturated carbocycles. The molecule has 1 amide bonds. The van der Waals surface area contributed by atoms with Gasteiger partial charge >= 0.3 is 12.1 Å². The summed E-state index contributed by atoms with van der Waals surface area (Å²) in [5.74, 6) is -1.39. The number of hydrogen-bond donors (Lipinski definition) is 2. The molecule has 1 fully saturated rings. The Kier molecular flexibility index (Phi) is 8.18. The first-order valence-electron chi connectivity index (χ1n) is 12.6. The standard InChI is InChI=1S/C29H31FN2O7S/c1-28(2,3)39-27(35)31-25(17-26(33)34)20-9-7-14-24(15-20)40(36,37)32-18-29(19-32,21-10-5-4-6-11-21)38-23-13-8-12-22(30)16-23/h4-16,25H,17-19H2,1-3H3,(H,31,35)(H,33,34)/t25-/m0/s1. The van der Waals surface area contributed by atoms with E-state index in [4.69, 9.17) is 9.47 Å². The molecule has 0 aliphatic carbocycles. The average molecular weight is 571 g/mol. The molecule has 0 aromatic heterocycles. The minimum atomic E-state index is -4.04. The van der Waals surface area contributed by atoms with Crippen molar-refractivity contribution in [3.8, 4) is 5.75 Å². The highest BCUT2D eigenvalue weighted by Crippen LogP contribution is 2.40. The van der Waals surface area contributed by atoms with Gasteiger partial charge in [-0.1, -0.05) is 48.5 Å². The van der Waals surface area contributed by atoms with E-state index in [2.05, 4.69) is 5.32 Å². The molecule has 11 heteroatoms. The number of sulfonamides is 1. The van der Waals surface area contributed by atoms with Gasteiger partial charge in [-0.3, -0.25) is 4.79 Å². The SMILES string of the molecule is CC(C)(C)OC(=O)N[C@@H](CC(=O)O)c1cccc(S(=O)(=O)N2CC(Oc3cccc(F)c3)(c3ccccc3)C2)c1. The number of carboxylic acid groups (broad SMARTS) is 1. The van der Waals surface area contributed by atoms with E-state index in [0.717, 1.165) is 5.56 Å². The summed E-state index contributed by atoms with van der Waals surface area (Å²) < 4.78 is 53.8. The van der Waals surface area contributed by atoms with Gasteiger partial charge < -0.3 is 19.9 Å². The number of aliphatic carboxylic acids is 1. The predicted molar refractivity (Wildman–Crippen MR) is 145 cm³/mol. The van der Waals surface area contributed by atoms with Gasteiger partial charge in [-0.15, -0.1) is 0 Å². The molecule has 40 heavy (non-hydrogen) atoms. The Labute approximate surface area is 232 Å². The van der Waals surface area contributed by atoms with Crippen molar-refractivity contribution in [1.29, 1.82) is 0 Å². The number of rotatable bonds is 9. The maximum Gasteiger partial charge on any atom is 0.408 e. The number of hydrogen-bond acceptors (Lipinski definition) is 6. The number of benzene rings is 3.